The van der Waals surface area contributed by atoms with Gasteiger partial charge in [-0.1, -0.05) is 48.0 Å². The van der Waals surface area contributed by atoms with E-state index in [-0.39, 0.29) is 5.02 Å². The zero-order valence-corrected chi connectivity index (χ0v) is 11.0. The zero-order valence-electron chi connectivity index (χ0n) is 10.3. The lowest BCUT2D eigenvalue weighted by Crippen LogP contribution is -2.28. The summed E-state index contributed by atoms with van der Waals surface area (Å²) in [5.41, 5.74) is 7.59. The summed E-state index contributed by atoms with van der Waals surface area (Å²) in [4.78, 5) is 0. The first-order chi connectivity index (χ1) is 9.08. The average molecular weight is 280 g/mol. The topological polar surface area (TPSA) is 46.2 Å². The molecule has 0 aromatic heterocycles. The minimum Gasteiger partial charge on any atom is -0.391 e. The molecule has 2 nitrogen and oxygen atoms in total. The van der Waals surface area contributed by atoms with Gasteiger partial charge in [0.2, 0.25) is 0 Å². The summed E-state index contributed by atoms with van der Waals surface area (Å²) in [6.07, 6.45) is -0.305. The number of rotatable bonds is 4. The maximum atomic E-state index is 13.1. The van der Waals surface area contributed by atoms with Crippen LogP contribution in [0.4, 0.5) is 4.39 Å². The standard InChI is InChI=1S/C15H15ClFNO/c16-12-9-11(6-7-13(12)17)15(18)14(19)8-10-4-2-1-3-5-10/h1-7,9,14-15,19H,8,18H2/t14-,15+/m0/s1. The van der Waals surface area contributed by atoms with Crippen LogP contribution in [0.15, 0.2) is 48.5 Å². The third-order valence-electron chi connectivity index (χ3n) is 3.03. The van der Waals surface area contributed by atoms with E-state index in [1.165, 1.54) is 12.1 Å². The summed E-state index contributed by atoms with van der Waals surface area (Å²) in [7, 11) is 0. The Labute approximate surface area is 116 Å². The van der Waals surface area contributed by atoms with E-state index in [9.17, 15) is 9.50 Å². The molecule has 0 aliphatic heterocycles. The van der Waals surface area contributed by atoms with Crippen molar-refractivity contribution in [2.24, 2.45) is 5.73 Å². The first kappa shape index (κ1) is 14.0. The van der Waals surface area contributed by atoms with Gasteiger partial charge in [-0.3, -0.25) is 0 Å². The van der Waals surface area contributed by atoms with Gasteiger partial charge in [0.15, 0.2) is 0 Å². The van der Waals surface area contributed by atoms with E-state index in [0.29, 0.717) is 12.0 Å². The molecular weight excluding hydrogens is 265 g/mol. The van der Waals surface area contributed by atoms with Crippen molar-refractivity contribution >= 4 is 11.6 Å². The molecule has 0 spiro atoms. The van der Waals surface area contributed by atoms with Gasteiger partial charge in [-0.05, 0) is 23.3 Å². The maximum Gasteiger partial charge on any atom is 0.141 e. The Balaban J connectivity index is 2.10. The number of nitrogens with two attached hydrogens (primary N) is 1. The highest BCUT2D eigenvalue weighted by Gasteiger charge is 2.18. The second-order valence-corrected chi connectivity index (χ2v) is 4.86. The fourth-order valence-corrected chi connectivity index (χ4v) is 2.11. The SMILES string of the molecule is N[C@H](c1ccc(F)c(Cl)c1)[C@@H](O)Cc1ccccc1. The van der Waals surface area contributed by atoms with Crippen molar-refractivity contribution < 1.29 is 9.50 Å². The number of hydrogen-bond donors (Lipinski definition) is 2. The van der Waals surface area contributed by atoms with Crippen molar-refractivity contribution in [3.63, 3.8) is 0 Å². The van der Waals surface area contributed by atoms with Crippen LogP contribution in [0.2, 0.25) is 5.02 Å². The molecule has 0 unspecified atom stereocenters. The highest BCUT2D eigenvalue weighted by atomic mass is 35.5. The molecule has 0 saturated heterocycles. The molecular formula is C15H15ClFNO. The van der Waals surface area contributed by atoms with Crippen LogP contribution in [0.1, 0.15) is 17.2 Å². The van der Waals surface area contributed by atoms with Crippen molar-refractivity contribution in [3.8, 4) is 0 Å². The van der Waals surface area contributed by atoms with Crippen molar-refractivity contribution in [2.45, 2.75) is 18.6 Å². The maximum absolute atomic E-state index is 13.1. The van der Waals surface area contributed by atoms with E-state index in [1.54, 1.807) is 6.07 Å². The van der Waals surface area contributed by atoms with Gasteiger partial charge in [-0.15, -0.1) is 0 Å². The summed E-state index contributed by atoms with van der Waals surface area (Å²) in [6, 6.07) is 13.2. The van der Waals surface area contributed by atoms with Crippen molar-refractivity contribution in [2.75, 3.05) is 0 Å². The molecule has 0 radical (unpaired) electrons. The fraction of sp³-hybridized carbons (Fsp3) is 0.200. The largest absolute Gasteiger partial charge is 0.391 e. The van der Waals surface area contributed by atoms with E-state index in [2.05, 4.69) is 0 Å². The second-order valence-electron chi connectivity index (χ2n) is 4.46. The second kappa shape index (κ2) is 6.15. The highest BCUT2D eigenvalue weighted by Crippen LogP contribution is 2.23. The molecule has 2 atom stereocenters. The van der Waals surface area contributed by atoms with Crippen LogP contribution < -0.4 is 5.73 Å². The van der Waals surface area contributed by atoms with Crippen LogP contribution in [-0.2, 0) is 6.42 Å². The van der Waals surface area contributed by atoms with Gasteiger partial charge in [0.1, 0.15) is 5.82 Å². The molecule has 0 aliphatic rings. The predicted octanol–water partition coefficient (Wildman–Crippen LogP) is 3.08. The molecule has 0 amide bonds. The molecule has 3 N–H and O–H groups in total. The zero-order chi connectivity index (χ0) is 13.8. The smallest absolute Gasteiger partial charge is 0.141 e. The Hall–Kier alpha value is -1.42. The molecule has 0 saturated carbocycles. The Morgan fingerprint density at radius 2 is 1.84 bits per heavy atom. The summed E-state index contributed by atoms with van der Waals surface area (Å²) in [5, 5.41) is 10.1. The third-order valence-corrected chi connectivity index (χ3v) is 3.32. The summed E-state index contributed by atoms with van der Waals surface area (Å²) < 4.78 is 13.1. The van der Waals surface area contributed by atoms with Gasteiger partial charge in [-0.25, -0.2) is 4.39 Å². The fourth-order valence-electron chi connectivity index (χ4n) is 1.92. The Morgan fingerprint density at radius 1 is 1.16 bits per heavy atom. The predicted molar refractivity (Wildman–Crippen MR) is 74.5 cm³/mol. The van der Waals surface area contributed by atoms with Gasteiger partial charge in [-0.2, -0.15) is 0 Å². The van der Waals surface area contributed by atoms with Gasteiger partial charge >= 0.3 is 0 Å². The summed E-state index contributed by atoms with van der Waals surface area (Å²) >= 11 is 5.71. The summed E-state index contributed by atoms with van der Waals surface area (Å²) in [6.45, 7) is 0. The van der Waals surface area contributed by atoms with Crippen LogP contribution in [-0.4, -0.2) is 11.2 Å². The Kier molecular flexibility index (Phi) is 4.53. The van der Waals surface area contributed by atoms with E-state index in [1.807, 2.05) is 30.3 Å². The lowest BCUT2D eigenvalue weighted by atomic mass is 9.97. The molecule has 2 aromatic carbocycles. The molecule has 2 aromatic rings. The van der Waals surface area contributed by atoms with Crippen LogP contribution >= 0.6 is 11.6 Å². The van der Waals surface area contributed by atoms with Crippen LogP contribution in [0.5, 0.6) is 0 Å². The number of aliphatic hydroxyl groups excluding tert-OH is 1. The number of hydrogen-bond acceptors (Lipinski definition) is 2. The van der Waals surface area contributed by atoms with E-state index in [0.717, 1.165) is 5.56 Å². The quantitative estimate of drug-likeness (QED) is 0.903. The van der Waals surface area contributed by atoms with E-state index < -0.39 is 18.0 Å². The number of halogens is 2. The summed E-state index contributed by atoms with van der Waals surface area (Å²) in [5.74, 6) is -0.491. The molecule has 19 heavy (non-hydrogen) atoms. The van der Waals surface area contributed by atoms with Crippen molar-refractivity contribution in [3.05, 3.63) is 70.5 Å². The van der Waals surface area contributed by atoms with E-state index in [4.69, 9.17) is 17.3 Å². The molecule has 0 fully saturated rings. The molecule has 2 rings (SSSR count). The third kappa shape index (κ3) is 3.53. The first-order valence-electron chi connectivity index (χ1n) is 6.00. The lowest BCUT2D eigenvalue weighted by molar-refractivity contribution is 0.145. The van der Waals surface area contributed by atoms with Crippen LogP contribution in [0, 0.1) is 5.82 Å². The monoisotopic (exact) mass is 279 g/mol. The van der Waals surface area contributed by atoms with E-state index >= 15 is 0 Å². The lowest BCUT2D eigenvalue weighted by Gasteiger charge is -2.19. The minimum absolute atomic E-state index is 0.0138. The highest BCUT2D eigenvalue weighted by molar-refractivity contribution is 6.30. The minimum atomic E-state index is -0.746. The van der Waals surface area contributed by atoms with Gasteiger partial charge in [0.25, 0.3) is 0 Å². The van der Waals surface area contributed by atoms with Crippen LogP contribution in [0.25, 0.3) is 0 Å². The Morgan fingerprint density at radius 3 is 2.47 bits per heavy atom. The Bertz CT molecular complexity index is 547. The molecule has 0 bridgehead atoms. The van der Waals surface area contributed by atoms with Gasteiger partial charge in [0, 0.05) is 6.42 Å². The number of benzene rings is 2. The van der Waals surface area contributed by atoms with Gasteiger partial charge in [0.05, 0.1) is 17.2 Å². The normalized spacial score (nSPS) is 14.1. The first-order valence-corrected chi connectivity index (χ1v) is 6.38. The van der Waals surface area contributed by atoms with Crippen molar-refractivity contribution in [1.82, 2.24) is 0 Å². The van der Waals surface area contributed by atoms with Gasteiger partial charge < -0.3 is 10.8 Å². The molecule has 100 valence electrons. The molecule has 0 heterocycles. The van der Waals surface area contributed by atoms with Crippen molar-refractivity contribution in [1.29, 1.82) is 0 Å². The average Bonchev–Trinajstić information content (AvgIpc) is 2.42. The molecule has 0 aliphatic carbocycles. The number of aliphatic hydroxyl groups is 1. The van der Waals surface area contributed by atoms with Crippen LogP contribution in [0.3, 0.4) is 0 Å². The molecule has 4 heteroatoms.